The number of rotatable bonds is 4. The minimum Gasteiger partial charge on any atom is -0.479 e. The maximum atomic E-state index is 13.6. The Morgan fingerprint density at radius 1 is 1.11 bits per heavy atom. The monoisotopic (exact) mass is 392 g/mol. The number of esters is 1. The molecule has 146 valence electrons. The topological polar surface area (TPSA) is 65.7 Å². The van der Waals surface area contributed by atoms with Gasteiger partial charge >= 0.3 is 12.1 Å². The average molecular weight is 392 g/mol. The van der Waals surface area contributed by atoms with Gasteiger partial charge in [-0.1, -0.05) is 30.3 Å². The summed E-state index contributed by atoms with van der Waals surface area (Å²) in [5.74, 6) is -1.99. The van der Waals surface area contributed by atoms with Crippen LogP contribution in [0.3, 0.4) is 0 Å². The third-order valence-corrected chi connectivity index (χ3v) is 4.03. The van der Waals surface area contributed by atoms with Crippen LogP contribution < -0.4 is 10.2 Å². The first-order valence-electron chi connectivity index (χ1n) is 8.20. The fraction of sp³-hybridized carbons (Fsp3) is 0.200. The van der Waals surface area contributed by atoms with Crippen LogP contribution >= 0.6 is 0 Å². The molecule has 0 aliphatic rings. The number of halogens is 3. The van der Waals surface area contributed by atoms with Crippen LogP contribution in [0.2, 0.25) is 0 Å². The third kappa shape index (κ3) is 3.71. The molecular weight excluding hydrogens is 377 g/mol. The molecule has 0 saturated carbocycles. The van der Waals surface area contributed by atoms with E-state index in [0.29, 0.717) is 0 Å². The molecule has 0 amide bonds. The SMILES string of the molecule is COC(=O)[C@@H](C)Oc1ccc2c(=O)c(-c3ccccc3)c(C(F)(F)F)oc2c1. The molecule has 0 N–H and O–H groups in total. The zero-order valence-corrected chi connectivity index (χ0v) is 14.9. The van der Waals surface area contributed by atoms with Crippen LogP contribution in [0.4, 0.5) is 13.2 Å². The summed E-state index contributed by atoms with van der Waals surface area (Å²) in [5, 5.41) is -0.0371. The molecule has 0 aliphatic heterocycles. The van der Waals surface area contributed by atoms with Crippen molar-refractivity contribution in [1.29, 1.82) is 0 Å². The van der Waals surface area contributed by atoms with Crippen molar-refractivity contribution in [3.63, 3.8) is 0 Å². The number of ether oxygens (including phenoxy) is 2. The van der Waals surface area contributed by atoms with Gasteiger partial charge in [0.05, 0.1) is 18.1 Å². The molecule has 0 unspecified atom stereocenters. The molecule has 1 heterocycles. The van der Waals surface area contributed by atoms with Crippen molar-refractivity contribution < 1.29 is 31.9 Å². The van der Waals surface area contributed by atoms with E-state index in [1.54, 1.807) is 6.07 Å². The molecule has 0 radical (unpaired) electrons. The van der Waals surface area contributed by atoms with E-state index in [1.165, 1.54) is 50.4 Å². The van der Waals surface area contributed by atoms with E-state index in [0.717, 1.165) is 6.07 Å². The number of methoxy groups -OCH3 is 1. The Hall–Kier alpha value is -3.29. The van der Waals surface area contributed by atoms with Crippen LogP contribution in [0.5, 0.6) is 5.75 Å². The maximum absolute atomic E-state index is 13.6. The van der Waals surface area contributed by atoms with Crippen LogP contribution in [0.25, 0.3) is 22.1 Å². The van der Waals surface area contributed by atoms with Gasteiger partial charge in [-0.05, 0) is 24.6 Å². The first-order chi connectivity index (χ1) is 13.2. The van der Waals surface area contributed by atoms with E-state index in [2.05, 4.69) is 4.74 Å². The third-order valence-electron chi connectivity index (χ3n) is 4.03. The molecule has 5 nitrogen and oxygen atoms in total. The van der Waals surface area contributed by atoms with Gasteiger partial charge in [0.15, 0.2) is 6.10 Å². The highest BCUT2D eigenvalue weighted by Crippen LogP contribution is 2.37. The molecule has 0 fully saturated rings. The van der Waals surface area contributed by atoms with Gasteiger partial charge in [-0.25, -0.2) is 4.79 Å². The Balaban J connectivity index is 2.19. The number of hydrogen-bond acceptors (Lipinski definition) is 5. The maximum Gasteiger partial charge on any atom is 0.450 e. The summed E-state index contributed by atoms with van der Waals surface area (Å²) < 4.78 is 55.7. The summed E-state index contributed by atoms with van der Waals surface area (Å²) in [4.78, 5) is 24.3. The van der Waals surface area contributed by atoms with Gasteiger partial charge in [0.2, 0.25) is 11.2 Å². The van der Waals surface area contributed by atoms with Crippen molar-refractivity contribution in [3.8, 4) is 16.9 Å². The first-order valence-corrected chi connectivity index (χ1v) is 8.20. The molecule has 2 aromatic carbocycles. The average Bonchev–Trinajstić information content (AvgIpc) is 2.67. The summed E-state index contributed by atoms with van der Waals surface area (Å²) in [6.07, 6.45) is -5.87. The number of fused-ring (bicyclic) bond motifs is 1. The minimum absolute atomic E-state index is 0.0371. The standard InChI is InChI=1S/C20H15F3O5/c1-11(19(25)26-2)27-13-8-9-14-15(10-13)28-18(20(21,22)23)16(17(14)24)12-6-4-3-5-7-12/h3-11H,1-2H3/t11-/m1/s1. The molecule has 8 heteroatoms. The molecule has 0 spiro atoms. The van der Waals surface area contributed by atoms with Crippen molar-refractivity contribution in [1.82, 2.24) is 0 Å². The van der Waals surface area contributed by atoms with Crippen LogP contribution in [-0.4, -0.2) is 19.2 Å². The quantitative estimate of drug-likeness (QED) is 0.615. The number of carbonyl (C=O) groups excluding carboxylic acids is 1. The number of benzene rings is 2. The summed E-state index contributed by atoms with van der Waals surface area (Å²) in [6.45, 7) is 1.42. The second-order valence-corrected chi connectivity index (χ2v) is 5.94. The van der Waals surface area contributed by atoms with Gasteiger partial charge in [0.25, 0.3) is 0 Å². The lowest BCUT2D eigenvalue weighted by Gasteiger charge is -2.15. The summed E-state index contributed by atoms with van der Waals surface area (Å²) >= 11 is 0. The van der Waals surface area contributed by atoms with E-state index in [4.69, 9.17) is 9.15 Å². The molecule has 1 aromatic heterocycles. The molecule has 0 bridgehead atoms. The molecule has 0 aliphatic carbocycles. The summed E-state index contributed by atoms with van der Waals surface area (Å²) in [7, 11) is 1.18. The predicted octanol–water partition coefficient (Wildman–Crippen LogP) is 4.42. The largest absolute Gasteiger partial charge is 0.479 e. The molecule has 1 atom stereocenters. The molecule has 3 rings (SSSR count). The smallest absolute Gasteiger partial charge is 0.450 e. The van der Waals surface area contributed by atoms with Gasteiger partial charge in [0.1, 0.15) is 11.3 Å². The second kappa shape index (κ2) is 7.38. The van der Waals surface area contributed by atoms with Gasteiger partial charge in [-0.2, -0.15) is 13.2 Å². The Labute approximate surface area is 157 Å². The van der Waals surface area contributed by atoms with Crippen molar-refractivity contribution in [2.75, 3.05) is 7.11 Å². The van der Waals surface area contributed by atoms with Crippen molar-refractivity contribution in [3.05, 3.63) is 64.5 Å². The Morgan fingerprint density at radius 3 is 2.39 bits per heavy atom. The van der Waals surface area contributed by atoms with E-state index < -0.39 is 35.0 Å². The van der Waals surface area contributed by atoms with Crippen LogP contribution in [0, 0.1) is 0 Å². The predicted molar refractivity (Wildman–Crippen MR) is 95.0 cm³/mol. The fourth-order valence-corrected chi connectivity index (χ4v) is 2.73. The summed E-state index contributed by atoms with van der Waals surface area (Å²) in [6, 6.07) is 11.3. The van der Waals surface area contributed by atoms with E-state index in [9.17, 15) is 22.8 Å². The molecule has 28 heavy (non-hydrogen) atoms. The Kier molecular flexibility index (Phi) is 5.13. The normalized spacial score (nSPS) is 12.6. The van der Waals surface area contributed by atoms with Crippen LogP contribution in [0.15, 0.2) is 57.7 Å². The van der Waals surface area contributed by atoms with Crippen molar-refractivity contribution in [2.24, 2.45) is 0 Å². The van der Waals surface area contributed by atoms with Gasteiger partial charge in [-0.15, -0.1) is 0 Å². The second-order valence-electron chi connectivity index (χ2n) is 5.94. The van der Waals surface area contributed by atoms with Crippen molar-refractivity contribution >= 4 is 16.9 Å². The highest BCUT2D eigenvalue weighted by atomic mass is 19.4. The minimum atomic E-state index is -4.88. The zero-order valence-electron chi connectivity index (χ0n) is 14.9. The Bertz CT molecular complexity index is 1070. The van der Waals surface area contributed by atoms with Crippen LogP contribution in [-0.2, 0) is 15.7 Å². The number of alkyl halides is 3. The molecular formula is C20H15F3O5. The highest BCUT2D eigenvalue weighted by molar-refractivity contribution is 5.84. The fourth-order valence-electron chi connectivity index (χ4n) is 2.73. The van der Waals surface area contributed by atoms with Gasteiger partial charge in [0, 0.05) is 6.07 Å². The van der Waals surface area contributed by atoms with E-state index in [1.807, 2.05) is 0 Å². The highest BCUT2D eigenvalue weighted by Gasteiger charge is 2.39. The van der Waals surface area contributed by atoms with Gasteiger partial charge < -0.3 is 13.9 Å². The zero-order chi connectivity index (χ0) is 20.5. The lowest BCUT2D eigenvalue weighted by atomic mass is 10.0. The summed E-state index contributed by atoms with van der Waals surface area (Å²) in [5.41, 5.74) is -1.57. The molecule has 0 saturated heterocycles. The number of carbonyl (C=O) groups is 1. The first kappa shape index (κ1) is 19.5. The Morgan fingerprint density at radius 2 is 1.79 bits per heavy atom. The lowest BCUT2D eigenvalue weighted by Crippen LogP contribution is -2.24. The van der Waals surface area contributed by atoms with Crippen LogP contribution in [0.1, 0.15) is 12.7 Å². The molecule has 3 aromatic rings. The van der Waals surface area contributed by atoms with E-state index in [-0.39, 0.29) is 22.3 Å². The lowest BCUT2D eigenvalue weighted by molar-refractivity contribution is -0.152. The van der Waals surface area contributed by atoms with Crippen molar-refractivity contribution in [2.45, 2.75) is 19.2 Å². The van der Waals surface area contributed by atoms with E-state index >= 15 is 0 Å². The number of hydrogen-bond donors (Lipinski definition) is 0. The van der Waals surface area contributed by atoms with Gasteiger partial charge in [-0.3, -0.25) is 4.79 Å².